The van der Waals surface area contributed by atoms with Crippen molar-refractivity contribution in [2.75, 3.05) is 31.5 Å². The van der Waals surface area contributed by atoms with E-state index in [1.165, 1.54) is 25.9 Å². The molecule has 0 radical (unpaired) electrons. The number of piperidine rings is 1. The fourth-order valence-electron chi connectivity index (χ4n) is 2.65. The number of nitrogens with zero attached hydrogens (tertiary/aromatic N) is 5. The summed E-state index contributed by atoms with van der Waals surface area (Å²) in [5, 5.41) is 15.2. The Bertz CT molecular complexity index is 544. The highest BCUT2D eigenvalue weighted by Crippen LogP contribution is 2.15. The lowest BCUT2D eigenvalue weighted by molar-refractivity contribution is 0.199. The summed E-state index contributed by atoms with van der Waals surface area (Å²) in [6.07, 6.45) is 2.61. The van der Waals surface area contributed by atoms with Crippen molar-refractivity contribution < 1.29 is 0 Å². The van der Waals surface area contributed by atoms with Gasteiger partial charge >= 0.3 is 0 Å². The van der Waals surface area contributed by atoms with Crippen LogP contribution in [-0.4, -0.2) is 51.3 Å². The molecule has 1 N–H and O–H groups in total. The summed E-state index contributed by atoms with van der Waals surface area (Å²) in [6.45, 7) is 6.64. The Balaban J connectivity index is 1.53. The normalized spacial score (nSPS) is 17.0. The third-order valence-electron chi connectivity index (χ3n) is 4.06. The predicted molar refractivity (Wildman–Crippen MR) is 82.5 cm³/mol. The third kappa shape index (κ3) is 3.58. The van der Waals surface area contributed by atoms with E-state index in [1.807, 2.05) is 30.3 Å². The number of hydrogen-bond donors (Lipinski definition) is 1. The van der Waals surface area contributed by atoms with Gasteiger partial charge in [0.15, 0.2) is 0 Å². The van der Waals surface area contributed by atoms with Gasteiger partial charge < -0.3 is 10.2 Å². The van der Waals surface area contributed by atoms with Crippen molar-refractivity contribution in [3.63, 3.8) is 0 Å². The Morgan fingerprint density at radius 2 is 1.95 bits per heavy atom. The monoisotopic (exact) mass is 286 g/mol. The number of likely N-dealkylation sites (tertiary alicyclic amines) is 1. The molecule has 6 heteroatoms. The zero-order chi connectivity index (χ0) is 14.5. The highest BCUT2D eigenvalue weighted by molar-refractivity contribution is 5.38. The van der Waals surface area contributed by atoms with E-state index in [-0.39, 0.29) is 0 Å². The maximum Gasteiger partial charge on any atom is 0.247 e. The van der Waals surface area contributed by atoms with Crippen molar-refractivity contribution in [3.05, 3.63) is 30.3 Å². The van der Waals surface area contributed by atoms with E-state index in [2.05, 4.69) is 32.7 Å². The largest absolute Gasteiger partial charge is 0.351 e. The van der Waals surface area contributed by atoms with E-state index in [0.717, 1.165) is 24.7 Å². The molecule has 2 aromatic rings. The van der Waals surface area contributed by atoms with Gasteiger partial charge in [0, 0.05) is 13.1 Å². The molecule has 1 fully saturated rings. The lowest BCUT2D eigenvalue weighted by atomic mass is 9.99. The van der Waals surface area contributed by atoms with Crippen molar-refractivity contribution in [1.29, 1.82) is 0 Å². The minimum atomic E-state index is 0.701. The molecule has 1 aliphatic rings. The lowest BCUT2D eigenvalue weighted by Crippen LogP contribution is -2.36. The summed E-state index contributed by atoms with van der Waals surface area (Å²) in [7, 11) is 0. The number of tetrazole rings is 1. The molecule has 1 aromatic heterocycles. The SMILES string of the molecule is CC1CCN(CCNc2nnnn2-c2ccccc2)CC1. The molecule has 0 spiro atoms. The number of hydrogen-bond acceptors (Lipinski definition) is 5. The topological polar surface area (TPSA) is 58.9 Å². The van der Waals surface area contributed by atoms with E-state index in [0.29, 0.717) is 5.95 Å². The van der Waals surface area contributed by atoms with Gasteiger partial charge in [0.2, 0.25) is 5.95 Å². The van der Waals surface area contributed by atoms with Crippen molar-refractivity contribution in [2.24, 2.45) is 5.92 Å². The van der Waals surface area contributed by atoms with Crippen LogP contribution in [-0.2, 0) is 0 Å². The molecule has 1 aromatic carbocycles. The predicted octanol–water partition coefficient (Wildman–Crippen LogP) is 1.81. The van der Waals surface area contributed by atoms with Crippen molar-refractivity contribution in [1.82, 2.24) is 25.1 Å². The Labute approximate surface area is 125 Å². The first-order valence-electron chi connectivity index (χ1n) is 7.63. The van der Waals surface area contributed by atoms with Gasteiger partial charge in [0.1, 0.15) is 0 Å². The van der Waals surface area contributed by atoms with E-state index in [1.54, 1.807) is 4.68 Å². The molecule has 6 nitrogen and oxygen atoms in total. The Kier molecular flexibility index (Phi) is 4.45. The van der Waals surface area contributed by atoms with E-state index >= 15 is 0 Å². The van der Waals surface area contributed by atoms with Gasteiger partial charge in [-0.2, -0.15) is 4.68 Å². The molecule has 1 saturated heterocycles. The average molecular weight is 286 g/mol. The fraction of sp³-hybridized carbons (Fsp3) is 0.533. The summed E-state index contributed by atoms with van der Waals surface area (Å²) in [5.74, 6) is 1.58. The second kappa shape index (κ2) is 6.67. The summed E-state index contributed by atoms with van der Waals surface area (Å²) >= 11 is 0. The molecule has 21 heavy (non-hydrogen) atoms. The van der Waals surface area contributed by atoms with E-state index in [4.69, 9.17) is 0 Å². The standard InChI is InChI=1S/C15H22N6/c1-13-7-10-20(11-8-13)12-9-16-15-17-18-19-21(15)14-5-3-2-4-6-14/h2-6,13H,7-12H2,1H3,(H,16,17,19). The summed E-state index contributed by atoms with van der Waals surface area (Å²) < 4.78 is 1.73. The molecule has 0 atom stereocenters. The van der Waals surface area contributed by atoms with Crippen LogP contribution in [0.3, 0.4) is 0 Å². The van der Waals surface area contributed by atoms with Crippen LogP contribution in [0.5, 0.6) is 0 Å². The smallest absolute Gasteiger partial charge is 0.247 e. The van der Waals surface area contributed by atoms with Gasteiger partial charge in [-0.15, -0.1) is 0 Å². The van der Waals surface area contributed by atoms with Gasteiger partial charge in [0.25, 0.3) is 0 Å². The average Bonchev–Trinajstić information content (AvgIpc) is 2.99. The summed E-state index contributed by atoms with van der Waals surface area (Å²) in [5.41, 5.74) is 0.969. The number of aromatic nitrogens is 4. The van der Waals surface area contributed by atoms with E-state index in [9.17, 15) is 0 Å². The van der Waals surface area contributed by atoms with Gasteiger partial charge in [-0.05, 0) is 54.4 Å². The molecule has 0 unspecified atom stereocenters. The number of nitrogens with one attached hydrogen (secondary N) is 1. The van der Waals surface area contributed by atoms with Crippen molar-refractivity contribution in [3.8, 4) is 5.69 Å². The van der Waals surface area contributed by atoms with Gasteiger partial charge in [-0.25, -0.2) is 0 Å². The Morgan fingerprint density at radius 3 is 2.71 bits per heavy atom. The van der Waals surface area contributed by atoms with Crippen LogP contribution in [0.2, 0.25) is 0 Å². The molecule has 1 aliphatic heterocycles. The number of rotatable bonds is 5. The molecule has 0 aliphatic carbocycles. The maximum absolute atomic E-state index is 4.06. The van der Waals surface area contributed by atoms with Crippen LogP contribution in [0.15, 0.2) is 30.3 Å². The first-order chi connectivity index (χ1) is 10.3. The Hall–Kier alpha value is -1.95. The maximum atomic E-state index is 4.06. The van der Waals surface area contributed by atoms with Crippen LogP contribution >= 0.6 is 0 Å². The van der Waals surface area contributed by atoms with Crippen molar-refractivity contribution >= 4 is 5.95 Å². The molecule has 0 bridgehead atoms. The van der Waals surface area contributed by atoms with Crippen LogP contribution in [0.1, 0.15) is 19.8 Å². The van der Waals surface area contributed by atoms with Crippen LogP contribution < -0.4 is 5.32 Å². The highest BCUT2D eigenvalue weighted by Gasteiger charge is 2.15. The fourth-order valence-corrected chi connectivity index (χ4v) is 2.65. The first kappa shape index (κ1) is 14.0. The van der Waals surface area contributed by atoms with E-state index < -0.39 is 0 Å². The van der Waals surface area contributed by atoms with Gasteiger partial charge in [0.05, 0.1) is 5.69 Å². The zero-order valence-corrected chi connectivity index (χ0v) is 12.4. The summed E-state index contributed by atoms with van der Waals surface area (Å²) in [4.78, 5) is 2.50. The van der Waals surface area contributed by atoms with Crippen LogP contribution in [0, 0.1) is 5.92 Å². The molecule has 2 heterocycles. The molecular weight excluding hydrogens is 264 g/mol. The lowest BCUT2D eigenvalue weighted by Gasteiger charge is -2.30. The number of anilines is 1. The quantitative estimate of drug-likeness (QED) is 0.908. The zero-order valence-electron chi connectivity index (χ0n) is 12.4. The van der Waals surface area contributed by atoms with Crippen molar-refractivity contribution in [2.45, 2.75) is 19.8 Å². The first-order valence-corrected chi connectivity index (χ1v) is 7.63. The number of para-hydroxylation sites is 1. The van der Waals surface area contributed by atoms with Crippen LogP contribution in [0.4, 0.5) is 5.95 Å². The molecular formula is C15H22N6. The second-order valence-corrected chi connectivity index (χ2v) is 5.70. The molecule has 3 rings (SSSR count). The second-order valence-electron chi connectivity index (χ2n) is 5.70. The van der Waals surface area contributed by atoms with Gasteiger partial charge in [-0.1, -0.05) is 30.2 Å². The Morgan fingerprint density at radius 1 is 1.19 bits per heavy atom. The minimum absolute atomic E-state index is 0.701. The summed E-state index contributed by atoms with van der Waals surface area (Å²) in [6, 6.07) is 9.94. The number of benzene rings is 1. The highest BCUT2D eigenvalue weighted by atomic mass is 15.6. The van der Waals surface area contributed by atoms with Crippen LogP contribution in [0.25, 0.3) is 5.69 Å². The molecule has 112 valence electrons. The minimum Gasteiger partial charge on any atom is -0.351 e. The molecule has 0 amide bonds. The van der Waals surface area contributed by atoms with Gasteiger partial charge in [-0.3, -0.25) is 0 Å². The molecule has 0 saturated carbocycles. The third-order valence-corrected chi connectivity index (χ3v) is 4.06.